The third-order valence-corrected chi connectivity index (χ3v) is 3.41. The van der Waals surface area contributed by atoms with Crippen LogP contribution in [-0.2, 0) is 10.9 Å². The first kappa shape index (κ1) is 18.8. The summed E-state index contributed by atoms with van der Waals surface area (Å²) in [6.45, 7) is 1.08. The molecule has 0 aliphatic rings. The highest BCUT2D eigenvalue weighted by molar-refractivity contribution is 6.30. The molecule has 0 radical (unpaired) electrons. The molecule has 2 rings (SSSR count). The minimum Gasteiger partial charge on any atom is -0.493 e. The smallest absolute Gasteiger partial charge is 0.435 e. The highest BCUT2D eigenvalue weighted by Gasteiger charge is 2.38. The number of rotatable bonds is 4. The molecule has 0 aliphatic carbocycles. The summed E-state index contributed by atoms with van der Waals surface area (Å²) in [5.74, 6) is -1.20. The topological polar surface area (TPSA) is 70.5 Å². The molecule has 10 heteroatoms. The number of carbonyl (C=O) groups is 1. The number of benzene rings is 1. The number of hydrogen-bond acceptors (Lipinski definition) is 6. The Kier molecular flexibility index (Phi) is 5.36. The average molecular weight is 377 g/mol. The Labute approximate surface area is 145 Å². The number of carbonyl (C=O) groups excluding carboxylic acids is 1. The van der Waals surface area contributed by atoms with E-state index in [2.05, 4.69) is 14.9 Å². The molecule has 0 amide bonds. The van der Waals surface area contributed by atoms with Crippen LogP contribution in [0.1, 0.15) is 21.6 Å². The van der Waals surface area contributed by atoms with E-state index in [0.717, 1.165) is 14.0 Å². The maximum atomic E-state index is 13.0. The van der Waals surface area contributed by atoms with E-state index >= 15 is 0 Å². The molecule has 1 aromatic carbocycles. The third kappa shape index (κ3) is 3.93. The standard InChI is InChI=1S/C15H12ClF3N2O4/c1-7-11(14(22)24-3)13(21-20-12(7)15(17,18)19)25-9-5-4-8(16)6-10(9)23-2/h4-6H,1-3H3. The van der Waals surface area contributed by atoms with E-state index < -0.39 is 34.8 Å². The summed E-state index contributed by atoms with van der Waals surface area (Å²) in [5.41, 5.74) is -2.25. The van der Waals surface area contributed by atoms with Gasteiger partial charge >= 0.3 is 12.1 Å². The minimum absolute atomic E-state index is 0.0884. The number of halogens is 4. The zero-order valence-electron chi connectivity index (χ0n) is 13.3. The number of alkyl halides is 3. The van der Waals surface area contributed by atoms with Crippen LogP contribution in [0.25, 0.3) is 0 Å². The molecule has 1 aromatic heterocycles. The fourth-order valence-corrected chi connectivity index (χ4v) is 2.17. The lowest BCUT2D eigenvalue weighted by Gasteiger charge is -2.15. The summed E-state index contributed by atoms with van der Waals surface area (Å²) in [6, 6.07) is 4.32. The number of hydrogen-bond donors (Lipinski definition) is 0. The van der Waals surface area contributed by atoms with E-state index in [1.807, 2.05) is 0 Å². The van der Waals surface area contributed by atoms with Crippen LogP contribution in [0.3, 0.4) is 0 Å². The van der Waals surface area contributed by atoms with Crippen LogP contribution in [-0.4, -0.2) is 30.4 Å². The summed E-state index contributed by atoms with van der Waals surface area (Å²) in [7, 11) is 2.38. The number of methoxy groups -OCH3 is 2. The molecule has 0 saturated carbocycles. The van der Waals surface area contributed by atoms with Crippen molar-refractivity contribution in [2.45, 2.75) is 13.1 Å². The molecule has 0 fully saturated rings. The van der Waals surface area contributed by atoms with Gasteiger partial charge in [-0.1, -0.05) is 11.6 Å². The Hall–Kier alpha value is -2.55. The van der Waals surface area contributed by atoms with Crippen molar-refractivity contribution in [2.24, 2.45) is 0 Å². The molecule has 0 atom stereocenters. The van der Waals surface area contributed by atoms with Gasteiger partial charge in [0.2, 0.25) is 0 Å². The van der Waals surface area contributed by atoms with Crippen LogP contribution < -0.4 is 9.47 Å². The van der Waals surface area contributed by atoms with Gasteiger partial charge in [0.1, 0.15) is 5.56 Å². The fourth-order valence-electron chi connectivity index (χ4n) is 2.01. The molecule has 0 bridgehead atoms. The maximum Gasteiger partial charge on any atom is 0.435 e. The molecule has 25 heavy (non-hydrogen) atoms. The van der Waals surface area contributed by atoms with Gasteiger partial charge in [-0.25, -0.2) is 4.79 Å². The van der Waals surface area contributed by atoms with Crippen LogP contribution in [0.5, 0.6) is 17.4 Å². The van der Waals surface area contributed by atoms with E-state index in [4.69, 9.17) is 21.1 Å². The van der Waals surface area contributed by atoms with E-state index in [-0.39, 0.29) is 11.5 Å². The lowest BCUT2D eigenvalue weighted by molar-refractivity contribution is -0.142. The van der Waals surface area contributed by atoms with Crippen LogP contribution in [0.15, 0.2) is 18.2 Å². The molecule has 0 N–H and O–H groups in total. The first-order valence-corrected chi connectivity index (χ1v) is 7.11. The summed E-state index contributed by atoms with van der Waals surface area (Å²) in [4.78, 5) is 11.9. The molecule has 2 aromatic rings. The first-order chi connectivity index (χ1) is 11.7. The lowest BCUT2D eigenvalue weighted by Crippen LogP contribution is -2.17. The monoisotopic (exact) mass is 376 g/mol. The van der Waals surface area contributed by atoms with Crippen molar-refractivity contribution in [3.05, 3.63) is 40.0 Å². The van der Waals surface area contributed by atoms with Crippen LogP contribution in [0, 0.1) is 6.92 Å². The Bertz CT molecular complexity index is 812. The number of aromatic nitrogens is 2. The van der Waals surface area contributed by atoms with Crippen molar-refractivity contribution in [1.29, 1.82) is 0 Å². The van der Waals surface area contributed by atoms with Crippen molar-refractivity contribution in [3.63, 3.8) is 0 Å². The molecule has 6 nitrogen and oxygen atoms in total. The van der Waals surface area contributed by atoms with Gasteiger partial charge in [0.25, 0.3) is 5.88 Å². The number of nitrogens with zero attached hydrogens (tertiary/aromatic N) is 2. The predicted molar refractivity (Wildman–Crippen MR) is 81.2 cm³/mol. The normalized spacial score (nSPS) is 11.2. The van der Waals surface area contributed by atoms with Gasteiger partial charge in [-0.3, -0.25) is 0 Å². The molecule has 1 heterocycles. The lowest BCUT2D eigenvalue weighted by atomic mass is 10.1. The van der Waals surface area contributed by atoms with Crippen LogP contribution >= 0.6 is 11.6 Å². The van der Waals surface area contributed by atoms with Crippen LogP contribution in [0.2, 0.25) is 5.02 Å². The highest BCUT2D eigenvalue weighted by Crippen LogP contribution is 2.37. The quantitative estimate of drug-likeness (QED) is 0.750. The predicted octanol–water partition coefficient (Wildman–Crippen LogP) is 4.04. The average Bonchev–Trinajstić information content (AvgIpc) is 2.54. The van der Waals surface area contributed by atoms with Gasteiger partial charge in [0, 0.05) is 16.7 Å². The van der Waals surface area contributed by atoms with Gasteiger partial charge in [-0.15, -0.1) is 10.2 Å². The third-order valence-electron chi connectivity index (χ3n) is 3.18. The van der Waals surface area contributed by atoms with Gasteiger partial charge in [-0.05, 0) is 19.1 Å². The van der Waals surface area contributed by atoms with Gasteiger partial charge < -0.3 is 14.2 Å². The zero-order valence-corrected chi connectivity index (χ0v) is 14.0. The highest BCUT2D eigenvalue weighted by atomic mass is 35.5. The van der Waals surface area contributed by atoms with Crippen LogP contribution in [0.4, 0.5) is 13.2 Å². The second-order valence-corrected chi connectivity index (χ2v) is 5.18. The Balaban J connectivity index is 2.58. The van der Waals surface area contributed by atoms with E-state index in [0.29, 0.717) is 5.02 Å². The number of ether oxygens (including phenoxy) is 3. The van der Waals surface area contributed by atoms with Crippen molar-refractivity contribution in [2.75, 3.05) is 14.2 Å². The molecule has 0 saturated heterocycles. The Morgan fingerprint density at radius 3 is 2.40 bits per heavy atom. The largest absolute Gasteiger partial charge is 0.493 e. The van der Waals surface area contributed by atoms with Gasteiger partial charge in [0.05, 0.1) is 14.2 Å². The molecule has 134 valence electrons. The summed E-state index contributed by atoms with van der Waals surface area (Å²) in [6.07, 6.45) is -4.78. The minimum atomic E-state index is -4.78. The van der Waals surface area contributed by atoms with E-state index in [1.165, 1.54) is 25.3 Å². The Morgan fingerprint density at radius 2 is 1.84 bits per heavy atom. The molecular formula is C15H12ClF3N2O4. The molecule has 0 spiro atoms. The van der Waals surface area contributed by atoms with Crippen molar-refractivity contribution >= 4 is 17.6 Å². The number of esters is 1. The van der Waals surface area contributed by atoms with Crippen molar-refractivity contribution < 1.29 is 32.2 Å². The van der Waals surface area contributed by atoms with Gasteiger partial charge in [0.15, 0.2) is 17.2 Å². The van der Waals surface area contributed by atoms with E-state index in [9.17, 15) is 18.0 Å². The zero-order chi connectivity index (χ0) is 18.8. The molecule has 0 unspecified atom stereocenters. The van der Waals surface area contributed by atoms with Gasteiger partial charge in [-0.2, -0.15) is 13.2 Å². The second-order valence-electron chi connectivity index (χ2n) is 4.74. The maximum absolute atomic E-state index is 13.0. The SMILES string of the molecule is COC(=O)c1c(Oc2ccc(Cl)cc2OC)nnc(C(F)(F)F)c1C. The fraction of sp³-hybridized carbons (Fsp3) is 0.267. The first-order valence-electron chi connectivity index (χ1n) is 6.73. The Morgan fingerprint density at radius 1 is 1.16 bits per heavy atom. The summed E-state index contributed by atoms with van der Waals surface area (Å²) in [5, 5.41) is 6.86. The van der Waals surface area contributed by atoms with Crippen molar-refractivity contribution in [1.82, 2.24) is 10.2 Å². The van der Waals surface area contributed by atoms with E-state index in [1.54, 1.807) is 0 Å². The summed E-state index contributed by atoms with van der Waals surface area (Å²) < 4.78 is 54.0. The van der Waals surface area contributed by atoms with Crippen molar-refractivity contribution in [3.8, 4) is 17.4 Å². The molecular weight excluding hydrogens is 365 g/mol. The molecule has 0 aliphatic heterocycles. The second kappa shape index (κ2) is 7.14. The summed E-state index contributed by atoms with van der Waals surface area (Å²) >= 11 is 5.84.